The van der Waals surface area contributed by atoms with Gasteiger partial charge in [0.05, 0.1) is 6.04 Å². The SMILES string of the molecule is O=C(O)N[C@H](C(=O)N1CCCC1c1nc(C(=O)c2cccc(O)c2)cs1)C1CCCCC1. The molecular weight excluding hydrogens is 430 g/mol. The van der Waals surface area contributed by atoms with Gasteiger partial charge >= 0.3 is 6.09 Å². The standard InChI is InChI=1S/C23H27N3O5S/c27-16-9-4-8-15(12-16)20(28)17-13-32-21(24-17)18-10-5-11-26(18)22(29)19(25-23(30)31)14-6-2-1-3-7-14/h4,8-9,12-14,18-19,25,27H,1-3,5-7,10-11H2,(H,30,31)/t18?,19-/m0/s1. The summed E-state index contributed by atoms with van der Waals surface area (Å²) in [5, 5.41) is 23.8. The summed E-state index contributed by atoms with van der Waals surface area (Å²) in [5.41, 5.74) is 0.631. The molecule has 2 heterocycles. The second kappa shape index (κ2) is 9.68. The first-order chi connectivity index (χ1) is 15.4. The van der Waals surface area contributed by atoms with E-state index in [1.165, 1.54) is 23.5 Å². The Kier molecular flexibility index (Phi) is 6.74. The van der Waals surface area contributed by atoms with Crippen molar-refractivity contribution in [2.75, 3.05) is 6.54 Å². The number of carbonyl (C=O) groups excluding carboxylic acids is 2. The highest BCUT2D eigenvalue weighted by Crippen LogP contribution is 2.36. The van der Waals surface area contributed by atoms with Crippen molar-refractivity contribution in [2.24, 2.45) is 5.92 Å². The van der Waals surface area contributed by atoms with E-state index < -0.39 is 12.1 Å². The zero-order valence-corrected chi connectivity index (χ0v) is 18.5. The maximum Gasteiger partial charge on any atom is 0.405 e. The van der Waals surface area contributed by atoms with Crippen molar-refractivity contribution < 1.29 is 24.6 Å². The van der Waals surface area contributed by atoms with Crippen LogP contribution < -0.4 is 5.32 Å². The summed E-state index contributed by atoms with van der Waals surface area (Å²) in [6.45, 7) is 0.545. The number of ketones is 1. The highest BCUT2D eigenvalue weighted by Gasteiger charge is 2.39. The normalized spacial score (nSPS) is 20.1. The average Bonchev–Trinajstić information content (AvgIpc) is 3.46. The first kappa shape index (κ1) is 22.3. The Morgan fingerprint density at radius 3 is 2.62 bits per heavy atom. The van der Waals surface area contributed by atoms with Crippen LogP contribution in [-0.2, 0) is 4.79 Å². The summed E-state index contributed by atoms with van der Waals surface area (Å²) < 4.78 is 0. The van der Waals surface area contributed by atoms with Crippen LogP contribution in [0.5, 0.6) is 5.75 Å². The fourth-order valence-corrected chi connectivity index (χ4v) is 5.73. The van der Waals surface area contributed by atoms with Gasteiger partial charge in [-0.25, -0.2) is 9.78 Å². The van der Waals surface area contributed by atoms with E-state index >= 15 is 0 Å². The number of carbonyl (C=O) groups is 3. The minimum absolute atomic E-state index is 0.00721. The molecule has 2 atom stereocenters. The predicted molar refractivity (Wildman–Crippen MR) is 119 cm³/mol. The van der Waals surface area contributed by atoms with Gasteiger partial charge in [0, 0.05) is 17.5 Å². The van der Waals surface area contributed by atoms with E-state index in [1.807, 2.05) is 0 Å². The Morgan fingerprint density at radius 2 is 1.91 bits per heavy atom. The quantitative estimate of drug-likeness (QED) is 0.565. The number of nitrogens with zero attached hydrogens (tertiary/aromatic N) is 2. The molecule has 4 rings (SSSR count). The van der Waals surface area contributed by atoms with Gasteiger partial charge in [-0.1, -0.05) is 31.4 Å². The molecule has 3 N–H and O–H groups in total. The molecular formula is C23H27N3O5S. The molecule has 2 fully saturated rings. The van der Waals surface area contributed by atoms with Crippen molar-refractivity contribution in [3.63, 3.8) is 0 Å². The number of phenolic OH excluding ortho intramolecular Hbond substituents is 1. The molecule has 2 amide bonds. The van der Waals surface area contributed by atoms with E-state index in [9.17, 15) is 24.6 Å². The van der Waals surface area contributed by atoms with E-state index in [0.717, 1.165) is 44.9 Å². The van der Waals surface area contributed by atoms with Crippen LogP contribution in [0.1, 0.15) is 72.0 Å². The van der Waals surface area contributed by atoms with Gasteiger partial charge in [-0.15, -0.1) is 11.3 Å². The predicted octanol–water partition coefficient (Wildman–Crippen LogP) is 3.96. The molecule has 1 aromatic carbocycles. The Bertz CT molecular complexity index is 1000. The Labute approximate surface area is 190 Å². The topological polar surface area (TPSA) is 120 Å². The van der Waals surface area contributed by atoms with Gasteiger partial charge < -0.3 is 20.4 Å². The third-order valence-electron chi connectivity index (χ3n) is 6.35. The number of aromatic hydroxyl groups is 1. The lowest BCUT2D eigenvalue weighted by atomic mass is 9.83. The number of hydrogen-bond acceptors (Lipinski definition) is 6. The number of carboxylic acid groups (broad SMARTS) is 1. The Morgan fingerprint density at radius 1 is 1.12 bits per heavy atom. The third kappa shape index (κ3) is 4.77. The zero-order chi connectivity index (χ0) is 22.7. The summed E-state index contributed by atoms with van der Waals surface area (Å²) in [6, 6.07) is 5.12. The maximum atomic E-state index is 13.4. The van der Waals surface area contributed by atoms with Crippen molar-refractivity contribution in [2.45, 2.75) is 57.0 Å². The number of benzene rings is 1. The Hall–Kier alpha value is -2.94. The molecule has 32 heavy (non-hydrogen) atoms. The molecule has 1 unspecified atom stereocenters. The molecule has 1 aliphatic carbocycles. The van der Waals surface area contributed by atoms with Crippen LogP contribution in [0.3, 0.4) is 0 Å². The number of likely N-dealkylation sites (tertiary alicyclic amines) is 1. The molecule has 2 aromatic rings. The first-order valence-electron chi connectivity index (χ1n) is 11.0. The highest BCUT2D eigenvalue weighted by atomic mass is 32.1. The lowest BCUT2D eigenvalue weighted by Gasteiger charge is -2.33. The van der Waals surface area contributed by atoms with Crippen LogP contribution in [-0.4, -0.2) is 50.5 Å². The summed E-state index contributed by atoms with van der Waals surface area (Å²) in [4.78, 5) is 43.9. The molecule has 0 radical (unpaired) electrons. The second-order valence-electron chi connectivity index (χ2n) is 8.47. The summed E-state index contributed by atoms with van der Waals surface area (Å²) >= 11 is 1.33. The lowest BCUT2D eigenvalue weighted by Crippen LogP contribution is -2.52. The summed E-state index contributed by atoms with van der Waals surface area (Å²) in [5.74, 6) is -0.462. The molecule has 0 bridgehead atoms. The minimum Gasteiger partial charge on any atom is -0.508 e. The van der Waals surface area contributed by atoms with E-state index in [1.54, 1.807) is 22.4 Å². The molecule has 2 aliphatic rings. The summed E-state index contributed by atoms with van der Waals surface area (Å²) in [6.07, 6.45) is 5.16. The molecule has 1 aromatic heterocycles. The molecule has 0 spiro atoms. The number of rotatable bonds is 6. The number of amides is 2. The number of phenols is 1. The van der Waals surface area contributed by atoms with Gasteiger partial charge in [-0.05, 0) is 43.7 Å². The van der Waals surface area contributed by atoms with E-state index in [0.29, 0.717) is 17.1 Å². The van der Waals surface area contributed by atoms with Gasteiger partial charge in [0.15, 0.2) is 0 Å². The lowest BCUT2D eigenvalue weighted by molar-refractivity contribution is -0.136. The zero-order valence-electron chi connectivity index (χ0n) is 17.7. The van der Waals surface area contributed by atoms with E-state index in [4.69, 9.17) is 0 Å². The average molecular weight is 458 g/mol. The Balaban J connectivity index is 1.53. The number of hydrogen-bond donors (Lipinski definition) is 3. The monoisotopic (exact) mass is 457 g/mol. The summed E-state index contributed by atoms with van der Waals surface area (Å²) in [7, 11) is 0. The fraction of sp³-hybridized carbons (Fsp3) is 0.478. The number of nitrogens with one attached hydrogen (secondary N) is 1. The van der Waals surface area contributed by atoms with E-state index in [-0.39, 0.29) is 35.1 Å². The van der Waals surface area contributed by atoms with Gasteiger partial charge in [0.2, 0.25) is 11.7 Å². The minimum atomic E-state index is -1.18. The largest absolute Gasteiger partial charge is 0.508 e. The van der Waals surface area contributed by atoms with Gasteiger partial charge in [-0.3, -0.25) is 9.59 Å². The van der Waals surface area contributed by atoms with Crippen LogP contribution in [0.25, 0.3) is 0 Å². The van der Waals surface area contributed by atoms with Crippen molar-refractivity contribution in [1.82, 2.24) is 15.2 Å². The van der Waals surface area contributed by atoms with Crippen LogP contribution in [0.2, 0.25) is 0 Å². The van der Waals surface area contributed by atoms with Crippen molar-refractivity contribution in [1.29, 1.82) is 0 Å². The van der Waals surface area contributed by atoms with E-state index in [2.05, 4.69) is 10.3 Å². The van der Waals surface area contributed by atoms with Crippen molar-refractivity contribution in [3.8, 4) is 5.75 Å². The number of thiazole rings is 1. The van der Waals surface area contributed by atoms with Crippen molar-refractivity contribution in [3.05, 3.63) is 45.9 Å². The molecule has 1 aliphatic heterocycles. The molecule has 170 valence electrons. The maximum absolute atomic E-state index is 13.4. The van der Waals surface area contributed by atoms with Gasteiger partial charge in [0.25, 0.3) is 0 Å². The fourth-order valence-electron chi connectivity index (χ4n) is 4.79. The molecule has 8 nitrogen and oxygen atoms in total. The highest BCUT2D eigenvalue weighted by molar-refractivity contribution is 7.10. The molecule has 1 saturated carbocycles. The van der Waals surface area contributed by atoms with Crippen LogP contribution >= 0.6 is 11.3 Å². The molecule has 9 heteroatoms. The third-order valence-corrected chi connectivity index (χ3v) is 7.30. The van der Waals surface area contributed by atoms with Crippen LogP contribution in [0.4, 0.5) is 4.79 Å². The molecule has 1 saturated heterocycles. The second-order valence-corrected chi connectivity index (χ2v) is 9.36. The first-order valence-corrected chi connectivity index (χ1v) is 11.9. The smallest absolute Gasteiger partial charge is 0.405 e. The number of aromatic nitrogens is 1. The van der Waals surface area contributed by atoms with Crippen LogP contribution in [0, 0.1) is 5.92 Å². The van der Waals surface area contributed by atoms with Crippen LogP contribution in [0.15, 0.2) is 29.6 Å². The van der Waals surface area contributed by atoms with Gasteiger partial charge in [-0.2, -0.15) is 0 Å². The van der Waals surface area contributed by atoms with Crippen molar-refractivity contribution >= 4 is 29.1 Å². The van der Waals surface area contributed by atoms with Gasteiger partial charge in [0.1, 0.15) is 22.5 Å².